The molecule has 0 bridgehead atoms. The van der Waals surface area contributed by atoms with Crippen molar-refractivity contribution in [3.8, 4) is 0 Å². The molecule has 1 fully saturated rings. The molecule has 0 spiro atoms. The Labute approximate surface area is 128 Å². The van der Waals surface area contributed by atoms with Crippen LogP contribution in [-0.2, 0) is 21.4 Å². The number of fused-ring (bicyclic) bond motifs is 1. The van der Waals surface area contributed by atoms with Crippen molar-refractivity contribution in [2.45, 2.75) is 25.7 Å². The minimum atomic E-state index is -3.70. The van der Waals surface area contributed by atoms with Gasteiger partial charge in [0.1, 0.15) is 0 Å². The normalized spacial score (nSPS) is 18.9. The van der Waals surface area contributed by atoms with Gasteiger partial charge in [0.25, 0.3) is 5.91 Å². The van der Waals surface area contributed by atoms with E-state index in [4.69, 9.17) is 11.6 Å². The van der Waals surface area contributed by atoms with Crippen LogP contribution >= 0.6 is 0 Å². The zero-order valence-electron chi connectivity index (χ0n) is 11.9. The Balaban J connectivity index is 2.04. The number of hydrazine groups is 1. The zero-order chi connectivity index (χ0) is 15.9. The van der Waals surface area contributed by atoms with Gasteiger partial charge < -0.3 is 5.73 Å². The Morgan fingerprint density at radius 2 is 1.95 bits per heavy atom. The lowest BCUT2D eigenvalue weighted by Gasteiger charge is -2.20. The molecule has 0 saturated carbocycles. The van der Waals surface area contributed by atoms with E-state index in [1.807, 2.05) is 0 Å². The summed E-state index contributed by atoms with van der Waals surface area (Å²) in [6.45, 7) is 0.983. The number of imidazole rings is 1. The van der Waals surface area contributed by atoms with Crippen LogP contribution < -0.4 is 17.0 Å². The van der Waals surface area contributed by atoms with Crippen molar-refractivity contribution in [1.82, 2.24) is 18.7 Å². The van der Waals surface area contributed by atoms with E-state index in [9.17, 15) is 13.2 Å². The summed E-state index contributed by atoms with van der Waals surface area (Å²) in [7, 11) is -3.70. The lowest BCUT2D eigenvalue weighted by Crippen LogP contribution is -2.35. The molecule has 3 rings (SSSR count). The Morgan fingerprint density at radius 3 is 2.59 bits per heavy atom. The first-order valence-corrected chi connectivity index (χ1v) is 8.44. The van der Waals surface area contributed by atoms with Crippen molar-refractivity contribution in [2.75, 3.05) is 18.8 Å². The van der Waals surface area contributed by atoms with Crippen molar-refractivity contribution < 1.29 is 13.2 Å². The zero-order valence-corrected chi connectivity index (χ0v) is 12.8. The van der Waals surface area contributed by atoms with Gasteiger partial charge in [-0.1, -0.05) is 0 Å². The first kappa shape index (κ1) is 15.0. The number of amides is 1. The first-order valence-electron chi connectivity index (χ1n) is 7.04. The van der Waals surface area contributed by atoms with E-state index in [0.717, 1.165) is 16.8 Å². The van der Waals surface area contributed by atoms with Gasteiger partial charge in [-0.25, -0.2) is 10.8 Å². The highest BCUT2D eigenvalue weighted by molar-refractivity contribution is 7.87. The average molecular weight is 326 g/mol. The molecule has 0 radical (unpaired) electrons. The van der Waals surface area contributed by atoms with Crippen LogP contribution in [0.15, 0.2) is 5.57 Å². The van der Waals surface area contributed by atoms with Crippen LogP contribution in [0.1, 0.15) is 30.7 Å². The number of hydrogen-bond acceptors (Lipinski definition) is 6. The Bertz CT molecular complexity index is 745. The maximum Gasteiger partial charge on any atom is 0.310 e. The van der Waals surface area contributed by atoms with Gasteiger partial charge in [-0.05, 0) is 31.8 Å². The number of anilines is 1. The minimum Gasteiger partial charge on any atom is -0.368 e. The van der Waals surface area contributed by atoms with Gasteiger partial charge in [-0.3, -0.25) is 10.2 Å². The average Bonchev–Trinajstić information content (AvgIpc) is 3.12. The number of nitrogens with two attached hydrogens (primary N) is 2. The molecule has 0 aromatic carbocycles. The van der Waals surface area contributed by atoms with Crippen LogP contribution in [0, 0.1) is 0 Å². The lowest BCUT2D eigenvalue weighted by atomic mass is 10.00. The summed E-state index contributed by atoms with van der Waals surface area (Å²) < 4.78 is 27.9. The molecule has 1 aliphatic carbocycles. The molecule has 120 valence electrons. The Hall–Kier alpha value is -1.91. The number of nitrogen functional groups attached to an aromatic ring is 1. The SMILES string of the molecule is NNC(=O)C1=Cc2nc(N)n(S(=O)(=O)N3CCCC3)c2CC1. The van der Waals surface area contributed by atoms with Crippen LogP contribution in [0.2, 0.25) is 0 Å². The van der Waals surface area contributed by atoms with E-state index in [0.29, 0.717) is 42.9 Å². The lowest BCUT2D eigenvalue weighted by molar-refractivity contribution is -0.117. The number of carbonyl (C=O) groups is 1. The second kappa shape index (κ2) is 5.38. The molecule has 1 aliphatic heterocycles. The maximum absolute atomic E-state index is 12.7. The third-order valence-electron chi connectivity index (χ3n) is 3.97. The highest BCUT2D eigenvalue weighted by atomic mass is 32.2. The van der Waals surface area contributed by atoms with E-state index in [1.54, 1.807) is 0 Å². The largest absolute Gasteiger partial charge is 0.368 e. The highest BCUT2D eigenvalue weighted by Gasteiger charge is 2.33. The molecule has 1 aromatic rings. The Morgan fingerprint density at radius 1 is 1.27 bits per heavy atom. The third-order valence-corrected chi connectivity index (χ3v) is 5.86. The van der Waals surface area contributed by atoms with Gasteiger partial charge in [0, 0.05) is 18.7 Å². The predicted molar refractivity (Wildman–Crippen MR) is 80.4 cm³/mol. The van der Waals surface area contributed by atoms with Gasteiger partial charge in [0.15, 0.2) is 0 Å². The smallest absolute Gasteiger partial charge is 0.310 e. The second-order valence-electron chi connectivity index (χ2n) is 5.32. The molecule has 10 heteroatoms. The fourth-order valence-corrected chi connectivity index (χ4v) is 4.57. The fraction of sp³-hybridized carbons (Fsp3) is 0.500. The molecule has 1 aromatic heterocycles. The van der Waals surface area contributed by atoms with Gasteiger partial charge in [0.05, 0.1) is 11.4 Å². The quantitative estimate of drug-likeness (QED) is 0.369. The molecule has 1 saturated heterocycles. The monoisotopic (exact) mass is 326 g/mol. The van der Waals surface area contributed by atoms with Crippen LogP contribution in [0.4, 0.5) is 5.95 Å². The van der Waals surface area contributed by atoms with Crippen LogP contribution in [0.3, 0.4) is 0 Å². The van der Waals surface area contributed by atoms with Crippen LogP contribution in [0.5, 0.6) is 0 Å². The number of aromatic nitrogens is 2. The van der Waals surface area contributed by atoms with Gasteiger partial charge in [0.2, 0.25) is 5.95 Å². The molecule has 9 nitrogen and oxygen atoms in total. The van der Waals surface area contributed by atoms with Crippen molar-refractivity contribution in [2.24, 2.45) is 5.84 Å². The summed E-state index contributed by atoms with van der Waals surface area (Å²) >= 11 is 0. The standard InChI is InChI=1S/C12H18N6O3S/c13-12-15-9-7-8(11(19)16-14)3-4-10(9)18(12)22(20,21)17-5-1-2-6-17/h7H,1-6,14H2,(H2,13,15)(H,16,19). The van der Waals surface area contributed by atoms with Crippen LogP contribution in [0.25, 0.3) is 6.08 Å². The fourth-order valence-electron chi connectivity index (χ4n) is 2.87. The summed E-state index contributed by atoms with van der Waals surface area (Å²) in [5.41, 5.74) is 9.26. The molecule has 22 heavy (non-hydrogen) atoms. The number of rotatable bonds is 3. The molecule has 1 amide bonds. The minimum absolute atomic E-state index is 0.0810. The summed E-state index contributed by atoms with van der Waals surface area (Å²) in [6.07, 6.45) is 3.98. The van der Waals surface area contributed by atoms with Crippen molar-refractivity contribution in [3.63, 3.8) is 0 Å². The predicted octanol–water partition coefficient (Wildman–Crippen LogP) is -1.03. The third kappa shape index (κ3) is 2.28. The van der Waals surface area contributed by atoms with E-state index in [1.165, 1.54) is 10.4 Å². The molecular formula is C12H18N6O3S. The summed E-state index contributed by atoms with van der Waals surface area (Å²) in [5, 5.41) is 0. The van der Waals surface area contributed by atoms with Gasteiger partial charge in [-0.15, -0.1) is 0 Å². The summed E-state index contributed by atoms with van der Waals surface area (Å²) in [5.74, 6) is 4.63. The molecule has 0 atom stereocenters. The molecule has 5 N–H and O–H groups in total. The summed E-state index contributed by atoms with van der Waals surface area (Å²) in [4.78, 5) is 15.7. The summed E-state index contributed by atoms with van der Waals surface area (Å²) in [6, 6.07) is 0. The second-order valence-corrected chi connectivity index (χ2v) is 7.10. The number of hydrogen-bond donors (Lipinski definition) is 3. The van der Waals surface area contributed by atoms with Crippen molar-refractivity contribution >= 4 is 28.1 Å². The maximum atomic E-state index is 12.7. The van der Waals surface area contributed by atoms with E-state index in [2.05, 4.69) is 10.4 Å². The van der Waals surface area contributed by atoms with Crippen molar-refractivity contribution in [1.29, 1.82) is 0 Å². The molecule has 2 aliphatic rings. The number of nitrogens with one attached hydrogen (secondary N) is 1. The first-order chi connectivity index (χ1) is 10.4. The van der Waals surface area contributed by atoms with Gasteiger partial charge in [-0.2, -0.15) is 16.7 Å². The van der Waals surface area contributed by atoms with Crippen molar-refractivity contribution in [3.05, 3.63) is 17.0 Å². The number of nitrogens with zero attached hydrogens (tertiary/aromatic N) is 3. The van der Waals surface area contributed by atoms with Crippen LogP contribution in [-0.4, -0.2) is 40.7 Å². The topological polar surface area (TPSA) is 136 Å². The molecule has 0 unspecified atom stereocenters. The van der Waals surface area contributed by atoms with E-state index < -0.39 is 16.1 Å². The Kier molecular flexibility index (Phi) is 3.67. The van der Waals surface area contributed by atoms with E-state index >= 15 is 0 Å². The number of carbonyl (C=O) groups excluding carboxylic acids is 1. The molecular weight excluding hydrogens is 308 g/mol. The highest BCUT2D eigenvalue weighted by Crippen LogP contribution is 2.29. The van der Waals surface area contributed by atoms with Gasteiger partial charge >= 0.3 is 10.2 Å². The van der Waals surface area contributed by atoms with E-state index in [-0.39, 0.29) is 5.95 Å². The molecule has 2 heterocycles.